The quantitative estimate of drug-likeness (QED) is 0.444. The lowest BCUT2D eigenvalue weighted by molar-refractivity contribution is 0.0927. The molecule has 0 radical (unpaired) electrons. The second-order valence-corrected chi connectivity index (χ2v) is 5.18. The summed E-state index contributed by atoms with van der Waals surface area (Å²) in [6.07, 6.45) is 4.11. The van der Waals surface area contributed by atoms with Gasteiger partial charge in [-0.25, -0.2) is 0 Å². The monoisotopic (exact) mass is 306 g/mol. The Hall–Kier alpha value is -2.15. The number of hydrogen-bond acceptors (Lipinski definition) is 4. The zero-order chi connectivity index (χ0) is 15.4. The fraction of sp³-hybridized carbons (Fsp3) is 0.357. The Bertz CT molecular complexity index is 619. The molecule has 0 aromatic carbocycles. The second-order valence-electron chi connectivity index (χ2n) is 4.74. The highest BCUT2D eigenvalue weighted by atomic mass is 32.1. The summed E-state index contributed by atoms with van der Waals surface area (Å²) in [4.78, 5) is 12.1. The molecule has 1 aromatic heterocycles. The van der Waals surface area contributed by atoms with Crippen LogP contribution in [0.1, 0.15) is 40.3 Å². The molecule has 21 heavy (non-hydrogen) atoms. The van der Waals surface area contributed by atoms with Crippen LogP contribution >= 0.6 is 12.2 Å². The van der Waals surface area contributed by atoms with E-state index in [0.717, 1.165) is 41.9 Å². The minimum Gasteiger partial charge on any atom is -0.455 e. The molecule has 0 saturated heterocycles. The topological polar surface area (TPSA) is 92.6 Å². The van der Waals surface area contributed by atoms with Gasteiger partial charge in [0.25, 0.3) is 5.91 Å². The molecule has 4 N–H and O–H groups in total. The van der Waals surface area contributed by atoms with E-state index in [0.29, 0.717) is 12.3 Å². The van der Waals surface area contributed by atoms with Crippen molar-refractivity contribution >= 4 is 28.9 Å². The number of carbonyl (C=O) groups is 1. The molecular formula is C14H18N4O2S. The highest BCUT2D eigenvalue weighted by Gasteiger charge is 2.27. The van der Waals surface area contributed by atoms with E-state index in [9.17, 15) is 4.79 Å². The van der Waals surface area contributed by atoms with Crippen LogP contribution in [0.5, 0.6) is 0 Å². The number of fused-ring (bicyclic) bond motifs is 1. The molecule has 1 heterocycles. The summed E-state index contributed by atoms with van der Waals surface area (Å²) < 4.78 is 5.71. The number of nitrogens with one attached hydrogen (secondary N) is 2. The smallest absolute Gasteiger partial charge is 0.287 e. The number of hydrogen-bond donors (Lipinski definition) is 3. The summed E-state index contributed by atoms with van der Waals surface area (Å²) >= 11 is 4.75. The first-order valence-electron chi connectivity index (χ1n) is 6.68. The minimum absolute atomic E-state index is 0.111. The average Bonchev–Trinajstić information content (AvgIpc) is 2.80. The molecule has 1 aliphatic rings. The molecule has 0 fully saturated rings. The fourth-order valence-electron chi connectivity index (χ4n) is 2.36. The van der Waals surface area contributed by atoms with Crippen molar-refractivity contribution in [3.63, 3.8) is 0 Å². The SMILES string of the molecule is C=CCNC(=O)c1oc2c(c1C)/C(=N/NC(N)=S)CCC2. The molecule has 112 valence electrons. The summed E-state index contributed by atoms with van der Waals surface area (Å²) in [7, 11) is 0. The first-order chi connectivity index (χ1) is 10.0. The number of furan rings is 1. The van der Waals surface area contributed by atoms with E-state index in [4.69, 9.17) is 22.4 Å². The largest absolute Gasteiger partial charge is 0.455 e. The predicted octanol–water partition coefficient (Wildman–Crippen LogP) is 1.38. The van der Waals surface area contributed by atoms with Gasteiger partial charge < -0.3 is 15.5 Å². The number of nitrogens with zero attached hydrogens (tertiary/aromatic N) is 1. The van der Waals surface area contributed by atoms with Gasteiger partial charge in [-0.1, -0.05) is 6.08 Å². The van der Waals surface area contributed by atoms with E-state index in [2.05, 4.69) is 22.4 Å². The van der Waals surface area contributed by atoms with Gasteiger partial charge >= 0.3 is 0 Å². The van der Waals surface area contributed by atoms with Gasteiger partial charge in [-0.15, -0.1) is 6.58 Å². The van der Waals surface area contributed by atoms with Crippen molar-refractivity contribution in [1.82, 2.24) is 10.7 Å². The summed E-state index contributed by atoms with van der Waals surface area (Å²) in [5.41, 5.74) is 10.5. The van der Waals surface area contributed by atoms with Crippen LogP contribution in [0.4, 0.5) is 0 Å². The van der Waals surface area contributed by atoms with E-state index in [1.165, 1.54) is 0 Å². The Morgan fingerprint density at radius 3 is 3.00 bits per heavy atom. The summed E-state index contributed by atoms with van der Waals surface area (Å²) in [6, 6.07) is 0. The van der Waals surface area contributed by atoms with Crippen molar-refractivity contribution in [2.45, 2.75) is 26.2 Å². The Kier molecular flexibility index (Phi) is 4.74. The normalized spacial score (nSPS) is 15.4. The number of hydrazone groups is 1. The van der Waals surface area contributed by atoms with Crippen LogP contribution in [0.25, 0.3) is 0 Å². The molecular weight excluding hydrogens is 288 g/mol. The molecule has 1 aliphatic carbocycles. The zero-order valence-electron chi connectivity index (χ0n) is 11.9. The van der Waals surface area contributed by atoms with Crippen molar-refractivity contribution < 1.29 is 9.21 Å². The first kappa shape index (κ1) is 15.2. The summed E-state index contributed by atoms with van der Waals surface area (Å²) in [5.74, 6) is 0.862. The molecule has 1 amide bonds. The summed E-state index contributed by atoms with van der Waals surface area (Å²) in [6.45, 7) is 5.82. The van der Waals surface area contributed by atoms with Gasteiger partial charge in [0.05, 0.1) is 5.71 Å². The third-order valence-electron chi connectivity index (χ3n) is 3.24. The Labute approximate surface area is 128 Å². The molecule has 0 aliphatic heterocycles. The van der Waals surface area contributed by atoms with E-state index >= 15 is 0 Å². The van der Waals surface area contributed by atoms with Crippen molar-refractivity contribution in [1.29, 1.82) is 0 Å². The molecule has 0 spiro atoms. The van der Waals surface area contributed by atoms with Gasteiger partial charge in [-0.3, -0.25) is 10.2 Å². The lowest BCUT2D eigenvalue weighted by Gasteiger charge is -2.13. The van der Waals surface area contributed by atoms with Gasteiger partial charge in [0.2, 0.25) is 0 Å². The van der Waals surface area contributed by atoms with Crippen LogP contribution in [0.3, 0.4) is 0 Å². The molecule has 0 bridgehead atoms. The summed E-state index contributed by atoms with van der Waals surface area (Å²) in [5, 5.41) is 7.04. The Morgan fingerprint density at radius 2 is 2.33 bits per heavy atom. The van der Waals surface area contributed by atoms with Crippen LogP contribution < -0.4 is 16.5 Å². The number of amides is 1. The fourth-order valence-corrected chi connectivity index (χ4v) is 2.41. The average molecular weight is 306 g/mol. The van der Waals surface area contributed by atoms with Crippen molar-refractivity contribution in [3.8, 4) is 0 Å². The molecule has 0 atom stereocenters. The number of nitrogens with two attached hydrogens (primary N) is 1. The van der Waals surface area contributed by atoms with E-state index < -0.39 is 0 Å². The van der Waals surface area contributed by atoms with Crippen LogP contribution in [-0.4, -0.2) is 23.3 Å². The third-order valence-corrected chi connectivity index (χ3v) is 3.33. The molecule has 7 heteroatoms. The van der Waals surface area contributed by atoms with Crippen molar-refractivity contribution in [2.24, 2.45) is 10.8 Å². The number of carbonyl (C=O) groups excluding carboxylic acids is 1. The van der Waals surface area contributed by atoms with E-state index in [1.54, 1.807) is 6.08 Å². The van der Waals surface area contributed by atoms with Gasteiger partial charge in [-0.2, -0.15) is 5.10 Å². The van der Waals surface area contributed by atoms with Gasteiger partial charge in [0, 0.05) is 24.1 Å². The van der Waals surface area contributed by atoms with Gasteiger partial charge in [-0.05, 0) is 32.0 Å². The molecule has 6 nitrogen and oxygen atoms in total. The van der Waals surface area contributed by atoms with Crippen LogP contribution in [0.15, 0.2) is 22.2 Å². The predicted molar refractivity (Wildman–Crippen MR) is 85.4 cm³/mol. The molecule has 1 aromatic rings. The second kappa shape index (κ2) is 6.53. The van der Waals surface area contributed by atoms with Crippen LogP contribution in [0.2, 0.25) is 0 Å². The highest BCUT2D eigenvalue weighted by molar-refractivity contribution is 7.80. The number of aryl methyl sites for hydroxylation is 1. The van der Waals surface area contributed by atoms with E-state index in [1.807, 2.05) is 6.92 Å². The lowest BCUT2D eigenvalue weighted by Crippen LogP contribution is -2.26. The molecule has 0 unspecified atom stereocenters. The van der Waals surface area contributed by atoms with Gasteiger partial charge in [0.15, 0.2) is 10.9 Å². The minimum atomic E-state index is -0.247. The number of thiocarbonyl (C=S) groups is 1. The first-order valence-corrected chi connectivity index (χ1v) is 7.09. The van der Waals surface area contributed by atoms with E-state index in [-0.39, 0.29) is 11.0 Å². The maximum Gasteiger partial charge on any atom is 0.287 e. The van der Waals surface area contributed by atoms with Crippen molar-refractivity contribution in [2.75, 3.05) is 6.54 Å². The van der Waals surface area contributed by atoms with Crippen molar-refractivity contribution in [3.05, 3.63) is 35.3 Å². The van der Waals surface area contributed by atoms with Crippen LogP contribution in [0, 0.1) is 6.92 Å². The Morgan fingerprint density at radius 1 is 1.57 bits per heavy atom. The van der Waals surface area contributed by atoms with Gasteiger partial charge in [0.1, 0.15) is 5.76 Å². The molecule has 2 rings (SSSR count). The molecule has 0 saturated carbocycles. The highest BCUT2D eigenvalue weighted by Crippen LogP contribution is 2.29. The Balaban J connectivity index is 2.34. The maximum absolute atomic E-state index is 12.1. The zero-order valence-corrected chi connectivity index (χ0v) is 12.7. The van der Waals surface area contributed by atoms with Crippen LogP contribution in [-0.2, 0) is 6.42 Å². The standard InChI is InChI=1S/C14H18N4O2S/c1-3-7-16-13(19)12-8(2)11-9(17-18-14(15)21)5-4-6-10(11)20-12/h3H,1,4-7H2,2H3,(H,16,19)(H3,15,18,21)/b17-9+. The number of rotatable bonds is 4. The lowest BCUT2D eigenvalue weighted by atomic mass is 9.93. The maximum atomic E-state index is 12.1. The third kappa shape index (κ3) is 3.30.